The highest BCUT2D eigenvalue weighted by atomic mass is 35.5. The molecule has 1 aliphatic rings. The van der Waals surface area contributed by atoms with Crippen LogP contribution >= 0.6 is 11.6 Å². The molecule has 3 amide bonds. The van der Waals surface area contributed by atoms with Crippen LogP contribution in [-0.2, 0) is 14.3 Å². The lowest BCUT2D eigenvalue weighted by Crippen LogP contribution is -2.43. The molecule has 2 N–H and O–H groups in total. The lowest BCUT2D eigenvalue weighted by Gasteiger charge is -2.29. The maximum atomic E-state index is 12.5. The molecule has 158 valence electrons. The summed E-state index contributed by atoms with van der Waals surface area (Å²) in [6, 6.07) is 11.6. The molecule has 3 rings (SSSR count). The largest absolute Gasteiger partial charge is 0.482 e. The van der Waals surface area contributed by atoms with Crippen molar-refractivity contribution in [2.75, 3.05) is 28.7 Å². The highest BCUT2D eigenvalue weighted by Crippen LogP contribution is 2.34. The van der Waals surface area contributed by atoms with E-state index in [9.17, 15) is 14.4 Å². The van der Waals surface area contributed by atoms with Gasteiger partial charge in [0.1, 0.15) is 17.9 Å². The van der Waals surface area contributed by atoms with Gasteiger partial charge in [0, 0.05) is 5.69 Å². The number of carbonyl (C=O) groups is 3. The normalized spacial score (nSPS) is 13.2. The van der Waals surface area contributed by atoms with Crippen molar-refractivity contribution in [3.8, 4) is 5.75 Å². The lowest BCUT2D eigenvalue weighted by molar-refractivity contribution is -0.123. The Bertz CT molecular complexity index is 987. The smallest absolute Gasteiger partial charge is 0.412 e. The molecule has 0 atom stereocenters. The van der Waals surface area contributed by atoms with E-state index in [1.54, 1.807) is 63.2 Å². The second kappa shape index (κ2) is 8.62. The van der Waals surface area contributed by atoms with Gasteiger partial charge in [0.25, 0.3) is 5.91 Å². The quantitative estimate of drug-likeness (QED) is 0.761. The van der Waals surface area contributed by atoms with Crippen LogP contribution in [0.25, 0.3) is 0 Å². The number of benzene rings is 2. The van der Waals surface area contributed by atoms with Gasteiger partial charge in [-0.15, -0.1) is 0 Å². The molecule has 0 saturated heterocycles. The van der Waals surface area contributed by atoms with Crippen LogP contribution in [0.1, 0.15) is 20.8 Å². The van der Waals surface area contributed by atoms with Gasteiger partial charge in [0.15, 0.2) is 6.61 Å². The fourth-order valence-electron chi connectivity index (χ4n) is 2.77. The molecule has 30 heavy (non-hydrogen) atoms. The zero-order valence-electron chi connectivity index (χ0n) is 16.8. The minimum atomic E-state index is -0.653. The minimum absolute atomic E-state index is 0.189. The van der Waals surface area contributed by atoms with E-state index in [-0.39, 0.29) is 19.1 Å². The summed E-state index contributed by atoms with van der Waals surface area (Å²) in [5, 5.41) is 5.69. The minimum Gasteiger partial charge on any atom is -0.482 e. The van der Waals surface area contributed by atoms with Crippen molar-refractivity contribution < 1.29 is 23.9 Å². The molecule has 0 bridgehead atoms. The summed E-state index contributed by atoms with van der Waals surface area (Å²) in [5.74, 6) is -0.379. The third kappa shape index (κ3) is 5.42. The molecule has 8 nitrogen and oxygen atoms in total. The molecule has 0 saturated carbocycles. The van der Waals surface area contributed by atoms with Crippen LogP contribution in [0.15, 0.2) is 42.5 Å². The Labute approximate surface area is 179 Å². The molecule has 0 spiro atoms. The summed E-state index contributed by atoms with van der Waals surface area (Å²) in [5.41, 5.74) is 0.567. The van der Waals surface area contributed by atoms with Gasteiger partial charge < -0.3 is 14.8 Å². The zero-order valence-corrected chi connectivity index (χ0v) is 17.6. The van der Waals surface area contributed by atoms with E-state index in [0.717, 1.165) is 0 Å². The van der Waals surface area contributed by atoms with Gasteiger partial charge >= 0.3 is 6.09 Å². The molecule has 0 aromatic heterocycles. The number of hydrogen-bond donors (Lipinski definition) is 2. The van der Waals surface area contributed by atoms with E-state index in [1.807, 2.05) is 0 Å². The Morgan fingerprint density at radius 3 is 2.60 bits per heavy atom. The third-order valence-corrected chi connectivity index (χ3v) is 4.33. The fraction of sp³-hybridized carbons (Fsp3) is 0.286. The van der Waals surface area contributed by atoms with E-state index in [0.29, 0.717) is 27.8 Å². The highest BCUT2D eigenvalue weighted by molar-refractivity contribution is 6.33. The van der Waals surface area contributed by atoms with Crippen molar-refractivity contribution in [3.63, 3.8) is 0 Å². The summed E-state index contributed by atoms with van der Waals surface area (Å²) in [6.45, 7) is 4.84. The Morgan fingerprint density at radius 1 is 1.17 bits per heavy atom. The van der Waals surface area contributed by atoms with Gasteiger partial charge in [-0.2, -0.15) is 0 Å². The molecular weight excluding hydrogens is 410 g/mol. The Kier molecular flexibility index (Phi) is 6.17. The molecule has 0 unspecified atom stereocenters. The monoisotopic (exact) mass is 431 g/mol. The molecule has 1 aliphatic heterocycles. The Morgan fingerprint density at radius 2 is 1.90 bits per heavy atom. The number of amides is 3. The van der Waals surface area contributed by atoms with Crippen molar-refractivity contribution in [2.24, 2.45) is 0 Å². The second-order valence-electron chi connectivity index (χ2n) is 7.61. The van der Waals surface area contributed by atoms with Crippen LogP contribution in [0.3, 0.4) is 0 Å². The molecule has 0 aliphatic carbocycles. The maximum Gasteiger partial charge on any atom is 0.412 e. The summed E-state index contributed by atoms with van der Waals surface area (Å²) in [7, 11) is 0. The maximum absolute atomic E-state index is 12.5. The predicted octanol–water partition coefficient (Wildman–Crippen LogP) is 4.05. The van der Waals surface area contributed by atoms with Gasteiger partial charge in [-0.05, 0) is 51.1 Å². The zero-order chi connectivity index (χ0) is 21.9. The van der Waals surface area contributed by atoms with Crippen molar-refractivity contribution in [2.45, 2.75) is 26.4 Å². The van der Waals surface area contributed by atoms with Crippen molar-refractivity contribution in [3.05, 3.63) is 47.5 Å². The van der Waals surface area contributed by atoms with Gasteiger partial charge in [-0.25, -0.2) is 4.79 Å². The molecule has 0 radical (unpaired) electrons. The van der Waals surface area contributed by atoms with Crippen molar-refractivity contribution in [1.82, 2.24) is 0 Å². The Balaban J connectivity index is 1.77. The standard InChI is InChI=1S/C21H22ClN3O5/c1-21(2,3)30-20(28)23-13-8-9-17-16(10-13)25(19(27)12-29-17)11-18(26)24-15-7-5-4-6-14(15)22/h4-10H,11-12H2,1-3H3,(H,23,28)(H,24,26). The van der Waals surface area contributed by atoms with Crippen molar-refractivity contribution in [1.29, 1.82) is 0 Å². The number of halogens is 1. The summed E-state index contributed by atoms with van der Waals surface area (Å²) in [6.07, 6.45) is -0.631. The number of carbonyl (C=O) groups excluding carboxylic acids is 3. The van der Waals surface area contributed by atoms with E-state index >= 15 is 0 Å². The van der Waals surface area contributed by atoms with E-state index in [2.05, 4.69) is 10.6 Å². The number of nitrogens with zero attached hydrogens (tertiary/aromatic N) is 1. The molecule has 2 aromatic rings. The number of ether oxygens (including phenoxy) is 2. The third-order valence-electron chi connectivity index (χ3n) is 4.00. The number of rotatable bonds is 4. The van der Waals surface area contributed by atoms with E-state index in [1.165, 1.54) is 4.90 Å². The topological polar surface area (TPSA) is 97.0 Å². The molecule has 2 aromatic carbocycles. The van der Waals surface area contributed by atoms with Gasteiger partial charge in [0.2, 0.25) is 5.91 Å². The first-order valence-electron chi connectivity index (χ1n) is 9.24. The van der Waals surface area contributed by atoms with Crippen LogP contribution in [0.4, 0.5) is 21.9 Å². The molecule has 0 fully saturated rings. The lowest BCUT2D eigenvalue weighted by atomic mass is 10.2. The van der Waals surface area contributed by atoms with Gasteiger partial charge in [-0.3, -0.25) is 19.8 Å². The van der Waals surface area contributed by atoms with Gasteiger partial charge in [-0.1, -0.05) is 23.7 Å². The molecular formula is C21H22ClN3O5. The SMILES string of the molecule is CC(C)(C)OC(=O)Nc1ccc2c(c1)N(CC(=O)Nc1ccccc1Cl)C(=O)CO2. The van der Waals surface area contributed by atoms with Gasteiger partial charge in [0.05, 0.1) is 16.4 Å². The van der Waals surface area contributed by atoms with Crippen LogP contribution in [0.2, 0.25) is 5.02 Å². The molecule has 1 heterocycles. The first-order valence-corrected chi connectivity index (χ1v) is 9.62. The number of hydrogen-bond acceptors (Lipinski definition) is 5. The van der Waals surface area contributed by atoms with Crippen molar-refractivity contribution >= 4 is 46.6 Å². The molecule has 9 heteroatoms. The number of nitrogens with one attached hydrogen (secondary N) is 2. The second-order valence-corrected chi connectivity index (χ2v) is 8.01. The van der Waals surface area contributed by atoms with E-state index in [4.69, 9.17) is 21.1 Å². The fourth-order valence-corrected chi connectivity index (χ4v) is 2.95. The highest BCUT2D eigenvalue weighted by Gasteiger charge is 2.28. The number of fused-ring (bicyclic) bond motifs is 1. The average Bonchev–Trinajstić information content (AvgIpc) is 2.64. The number of anilines is 3. The summed E-state index contributed by atoms with van der Waals surface area (Å²) in [4.78, 5) is 38.3. The van der Waals surface area contributed by atoms with Crippen LogP contribution in [0.5, 0.6) is 5.75 Å². The average molecular weight is 432 g/mol. The summed E-state index contributed by atoms with van der Waals surface area (Å²) < 4.78 is 10.7. The predicted molar refractivity (Wildman–Crippen MR) is 114 cm³/mol. The van der Waals surface area contributed by atoms with E-state index < -0.39 is 17.6 Å². The van der Waals surface area contributed by atoms with Crippen LogP contribution in [-0.4, -0.2) is 36.7 Å². The number of para-hydroxylation sites is 1. The first kappa shape index (κ1) is 21.4. The Hall–Kier alpha value is -3.26. The summed E-state index contributed by atoms with van der Waals surface area (Å²) >= 11 is 6.07. The van der Waals surface area contributed by atoms with Crippen LogP contribution < -0.4 is 20.3 Å². The van der Waals surface area contributed by atoms with Crippen LogP contribution in [0, 0.1) is 0 Å². The first-order chi connectivity index (χ1) is 14.1.